The maximum Gasteiger partial charge on any atom is 0.341 e. The summed E-state index contributed by atoms with van der Waals surface area (Å²) in [5.74, 6) is 0.333. The van der Waals surface area contributed by atoms with Gasteiger partial charge < -0.3 is 9.26 Å². The Bertz CT molecular complexity index is 583. The number of rotatable bonds is 3. The summed E-state index contributed by atoms with van der Waals surface area (Å²) in [5, 5.41) is 8.13. The van der Waals surface area contributed by atoms with E-state index in [1.807, 2.05) is 19.9 Å². The first-order valence-corrected chi connectivity index (χ1v) is 5.57. The van der Waals surface area contributed by atoms with Gasteiger partial charge in [0.05, 0.1) is 24.2 Å². The molecule has 0 saturated heterocycles. The van der Waals surface area contributed by atoms with Gasteiger partial charge in [-0.15, -0.1) is 0 Å². The van der Waals surface area contributed by atoms with E-state index in [1.54, 1.807) is 11.6 Å². The molecule has 2 aromatic rings. The van der Waals surface area contributed by atoms with Crippen LogP contribution in [0.15, 0.2) is 10.6 Å². The van der Waals surface area contributed by atoms with Gasteiger partial charge in [-0.1, -0.05) is 5.16 Å². The van der Waals surface area contributed by atoms with Crippen LogP contribution >= 0.6 is 0 Å². The molecule has 0 saturated carbocycles. The van der Waals surface area contributed by atoms with E-state index in [9.17, 15) is 4.79 Å². The molecule has 0 unspecified atom stereocenters. The average molecular weight is 249 g/mol. The van der Waals surface area contributed by atoms with Crippen LogP contribution < -0.4 is 0 Å². The SMILES string of the molecule is COC(=O)c1c(C)nn(Cc2cc(C)no2)c1C. The molecule has 0 aromatic carbocycles. The Kier molecular flexibility index (Phi) is 3.18. The van der Waals surface area contributed by atoms with Crippen molar-refractivity contribution in [1.29, 1.82) is 0 Å². The van der Waals surface area contributed by atoms with Crippen molar-refractivity contribution in [3.63, 3.8) is 0 Å². The minimum absolute atomic E-state index is 0.370. The van der Waals surface area contributed by atoms with Crippen molar-refractivity contribution >= 4 is 5.97 Å². The van der Waals surface area contributed by atoms with Crippen LogP contribution in [0.2, 0.25) is 0 Å². The van der Waals surface area contributed by atoms with E-state index >= 15 is 0 Å². The Morgan fingerprint density at radius 1 is 1.44 bits per heavy atom. The van der Waals surface area contributed by atoms with E-state index in [4.69, 9.17) is 9.26 Å². The second kappa shape index (κ2) is 4.64. The lowest BCUT2D eigenvalue weighted by Crippen LogP contribution is -2.06. The van der Waals surface area contributed by atoms with E-state index in [-0.39, 0.29) is 5.97 Å². The van der Waals surface area contributed by atoms with Crippen molar-refractivity contribution in [3.8, 4) is 0 Å². The van der Waals surface area contributed by atoms with Crippen LogP contribution in [-0.2, 0) is 11.3 Å². The molecule has 0 fully saturated rings. The standard InChI is InChI=1S/C12H15N3O3/c1-7-5-10(18-14-7)6-15-9(3)11(8(2)13-15)12(16)17-4/h5H,6H2,1-4H3. The first kappa shape index (κ1) is 12.3. The molecule has 0 aliphatic heterocycles. The molecule has 96 valence electrons. The second-order valence-corrected chi connectivity index (χ2v) is 4.13. The van der Waals surface area contributed by atoms with Crippen LogP contribution in [0.1, 0.15) is 33.2 Å². The maximum atomic E-state index is 11.6. The fraction of sp³-hybridized carbons (Fsp3) is 0.417. The first-order valence-electron chi connectivity index (χ1n) is 5.57. The molecule has 0 atom stereocenters. The Morgan fingerprint density at radius 2 is 2.17 bits per heavy atom. The molecular weight excluding hydrogens is 234 g/mol. The molecule has 2 rings (SSSR count). The van der Waals surface area contributed by atoms with Crippen molar-refractivity contribution in [3.05, 3.63) is 34.5 Å². The Hall–Kier alpha value is -2.11. The summed E-state index contributed by atoms with van der Waals surface area (Å²) in [6, 6.07) is 1.84. The average Bonchev–Trinajstić information content (AvgIpc) is 2.84. The van der Waals surface area contributed by atoms with Crippen molar-refractivity contribution in [2.45, 2.75) is 27.3 Å². The van der Waals surface area contributed by atoms with E-state index < -0.39 is 0 Å². The van der Waals surface area contributed by atoms with Gasteiger partial charge in [-0.3, -0.25) is 4.68 Å². The molecule has 0 radical (unpaired) electrons. The molecule has 6 heteroatoms. The summed E-state index contributed by atoms with van der Waals surface area (Å²) in [5.41, 5.74) is 2.73. The van der Waals surface area contributed by atoms with E-state index in [0.29, 0.717) is 23.6 Å². The molecule has 0 spiro atoms. The Balaban J connectivity index is 2.32. The zero-order valence-electron chi connectivity index (χ0n) is 10.9. The van der Waals surface area contributed by atoms with Gasteiger partial charge in [0.25, 0.3) is 0 Å². The normalized spacial score (nSPS) is 10.7. The number of carbonyl (C=O) groups is 1. The number of aromatic nitrogens is 3. The first-order chi connectivity index (χ1) is 8.52. The largest absolute Gasteiger partial charge is 0.465 e. The number of carbonyl (C=O) groups excluding carboxylic acids is 1. The summed E-state index contributed by atoms with van der Waals surface area (Å²) < 4.78 is 11.6. The fourth-order valence-corrected chi connectivity index (χ4v) is 1.89. The minimum Gasteiger partial charge on any atom is -0.465 e. The lowest BCUT2D eigenvalue weighted by molar-refractivity contribution is 0.0599. The van der Waals surface area contributed by atoms with Gasteiger partial charge in [-0.05, 0) is 20.8 Å². The van der Waals surface area contributed by atoms with Crippen LogP contribution in [0.25, 0.3) is 0 Å². The quantitative estimate of drug-likeness (QED) is 0.773. The summed E-state index contributed by atoms with van der Waals surface area (Å²) in [4.78, 5) is 11.6. The van der Waals surface area contributed by atoms with Crippen LogP contribution in [0.5, 0.6) is 0 Å². The molecule has 0 N–H and O–H groups in total. The number of aryl methyl sites for hydroxylation is 2. The van der Waals surface area contributed by atoms with Gasteiger partial charge in [0, 0.05) is 6.07 Å². The number of esters is 1. The van der Waals surface area contributed by atoms with Crippen LogP contribution in [0, 0.1) is 20.8 Å². The molecule has 2 heterocycles. The van der Waals surface area contributed by atoms with Gasteiger partial charge in [0.2, 0.25) is 0 Å². The summed E-state index contributed by atoms with van der Waals surface area (Å²) >= 11 is 0. The summed E-state index contributed by atoms with van der Waals surface area (Å²) in [6.07, 6.45) is 0. The van der Waals surface area contributed by atoms with Crippen molar-refractivity contribution in [1.82, 2.24) is 14.9 Å². The highest BCUT2D eigenvalue weighted by molar-refractivity contribution is 5.91. The number of methoxy groups -OCH3 is 1. The van der Waals surface area contributed by atoms with Crippen molar-refractivity contribution in [2.24, 2.45) is 0 Å². The monoisotopic (exact) mass is 249 g/mol. The van der Waals surface area contributed by atoms with Gasteiger partial charge in [0.15, 0.2) is 5.76 Å². The zero-order valence-corrected chi connectivity index (χ0v) is 10.9. The third kappa shape index (κ3) is 2.13. The fourth-order valence-electron chi connectivity index (χ4n) is 1.89. The third-order valence-corrected chi connectivity index (χ3v) is 2.75. The van der Waals surface area contributed by atoms with Gasteiger partial charge in [-0.2, -0.15) is 5.10 Å². The van der Waals surface area contributed by atoms with Crippen LogP contribution in [0.4, 0.5) is 0 Å². The second-order valence-electron chi connectivity index (χ2n) is 4.13. The predicted octanol–water partition coefficient (Wildman–Crippen LogP) is 1.63. The molecule has 0 bridgehead atoms. The number of nitrogens with zero attached hydrogens (tertiary/aromatic N) is 3. The molecule has 0 amide bonds. The van der Waals surface area contributed by atoms with Gasteiger partial charge >= 0.3 is 5.97 Å². The van der Waals surface area contributed by atoms with E-state index in [0.717, 1.165) is 11.4 Å². The molecule has 0 aliphatic carbocycles. The Labute approximate surface area is 105 Å². The maximum absolute atomic E-state index is 11.6. The summed E-state index contributed by atoms with van der Waals surface area (Å²) in [7, 11) is 1.36. The van der Waals surface area contributed by atoms with E-state index in [1.165, 1.54) is 7.11 Å². The van der Waals surface area contributed by atoms with Gasteiger partial charge in [0.1, 0.15) is 12.1 Å². The van der Waals surface area contributed by atoms with E-state index in [2.05, 4.69) is 10.3 Å². The van der Waals surface area contributed by atoms with Gasteiger partial charge in [-0.25, -0.2) is 4.79 Å². The summed E-state index contributed by atoms with van der Waals surface area (Å²) in [6.45, 7) is 5.91. The zero-order chi connectivity index (χ0) is 13.3. The molecule has 6 nitrogen and oxygen atoms in total. The van der Waals surface area contributed by atoms with Crippen LogP contribution in [0.3, 0.4) is 0 Å². The number of ether oxygens (including phenoxy) is 1. The third-order valence-electron chi connectivity index (χ3n) is 2.75. The highest BCUT2D eigenvalue weighted by atomic mass is 16.5. The Morgan fingerprint density at radius 3 is 2.72 bits per heavy atom. The van der Waals surface area contributed by atoms with Crippen LogP contribution in [-0.4, -0.2) is 28.0 Å². The number of hydrogen-bond donors (Lipinski definition) is 0. The topological polar surface area (TPSA) is 70.2 Å². The molecule has 2 aromatic heterocycles. The van der Waals surface area contributed by atoms with Crippen molar-refractivity contribution < 1.29 is 14.1 Å². The molecular formula is C12H15N3O3. The number of hydrogen-bond acceptors (Lipinski definition) is 5. The lowest BCUT2D eigenvalue weighted by atomic mass is 10.2. The van der Waals surface area contributed by atoms with Crippen molar-refractivity contribution in [2.75, 3.05) is 7.11 Å². The highest BCUT2D eigenvalue weighted by Crippen LogP contribution is 2.16. The predicted molar refractivity (Wildman–Crippen MR) is 63.4 cm³/mol. The lowest BCUT2D eigenvalue weighted by Gasteiger charge is -2.01. The molecule has 18 heavy (non-hydrogen) atoms. The highest BCUT2D eigenvalue weighted by Gasteiger charge is 2.19. The smallest absolute Gasteiger partial charge is 0.341 e. The minimum atomic E-state index is -0.370. The molecule has 0 aliphatic rings.